The zero-order valence-electron chi connectivity index (χ0n) is 12.1. The Balaban J connectivity index is 2.61. The molecule has 0 spiro atoms. The largest absolute Gasteiger partial charge is 0.496 e. The highest BCUT2D eigenvalue weighted by atomic mass is 16.5. The molecule has 0 bridgehead atoms. The molecule has 0 radical (unpaired) electrons. The Kier molecular flexibility index (Phi) is 2.78. The van der Waals surface area contributed by atoms with Gasteiger partial charge in [-0.3, -0.25) is 4.79 Å². The average Bonchev–Trinajstić information content (AvgIpc) is 2.44. The van der Waals surface area contributed by atoms with E-state index in [2.05, 4.69) is 4.98 Å². The van der Waals surface area contributed by atoms with E-state index in [9.17, 15) is 4.79 Å². The first-order chi connectivity index (χ1) is 9.54. The molecule has 0 atom stereocenters. The Labute approximate surface area is 117 Å². The molecular weight excluding hydrogens is 250 g/mol. The van der Waals surface area contributed by atoms with Crippen LogP contribution in [0.2, 0.25) is 0 Å². The van der Waals surface area contributed by atoms with Gasteiger partial charge in [-0.2, -0.15) is 0 Å². The van der Waals surface area contributed by atoms with Crippen LogP contribution in [0.4, 0.5) is 0 Å². The number of H-pyrrole nitrogens is 1. The molecule has 0 amide bonds. The summed E-state index contributed by atoms with van der Waals surface area (Å²) >= 11 is 0. The van der Waals surface area contributed by atoms with Crippen molar-refractivity contribution in [3.8, 4) is 5.75 Å². The van der Waals surface area contributed by atoms with Crippen molar-refractivity contribution < 1.29 is 4.74 Å². The third kappa shape index (κ3) is 1.63. The molecule has 1 N–H and O–H groups in total. The van der Waals surface area contributed by atoms with Gasteiger partial charge in [-0.25, -0.2) is 0 Å². The number of hydrogen-bond acceptors (Lipinski definition) is 2. The van der Waals surface area contributed by atoms with Gasteiger partial charge >= 0.3 is 0 Å². The number of hydrogen-bond donors (Lipinski definition) is 1. The van der Waals surface area contributed by atoms with Crippen molar-refractivity contribution in [3.05, 3.63) is 51.2 Å². The minimum Gasteiger partial charge on any atom is -0.496 e. The number of ether oxygens (including phenoxy) is 1. The van der Waals surface area contributed by atoms with Crippen LogP contribution >= 0.6 is 0 Å². The smallest absolute Gasteiger partial charge is 0.200 e. The lowest BCUT2D eigenvalue weighted by molar-refractivity contribution is 0.416. The van der Waals surface area contributed by atoms with E-state index in [0.717, 1.165) is 22.2 Å². The maximum Gasteiger partial charge on any atom is 0.200 e. The molecule has 0 aliphatic carbocycles. The second-order valence-corrected chi connectivity index (χ2v) is 5.22. The van der Waals surface area contributed by atoms with Gasteiger partial charge in [0.1, 0.15) is 5.75 Å². The topological polar surface area (TPSA) is 42.1 Å². The number of aromatic amines is 1. The first kappa shape index (κ1) is 12.7. The monoisotopic (exact) mass is 267 g/mol. The Hall–Kier alpha value is -2.29. The van der Waals surface area contributed by atoms with Crippen LogP contribution in [0.15, 0.2) is 29.1 Å². The van der Waals surface area contributed by atoms with Crippen molar-refractivity contribution >= 4 is 21.8 Å². The maximum absolute atomic E-state index is 12.8. The molecule has 2 aromatic carbocycles. The van der Waals surface area contributed by atoms with E-state index in [4.69, 9.17) is 4.74 Å². The summed E-state index contributed by atoms with van der Waals surface area (Å²) < 4.78 is 5.42. The lowest BCUT2D eigenvalue weighted by atomic mass is 10.0. The Morgan fingerprint density at radius 3 is 2.40 bits per heavy atom. The van der Waals surface area contributed by atoms with E-state index in [-0.39, 0.29) is 5.43 Å². The van der Waals surface area contributed by atoms with Gasteiger partial charge < -0.3 is 9.72 Å². The van der Waals surface area contributed by atoms with Crippen LogP contribution in [-0.2, 0) is 0 Å². The minimum absolute atomic E-state index is 0.0254. The van der Waals surface area contributed by atoms with Crippen LogP contribution < -0.4 is 10.2 Å². The highest BCUT2D eigenvalue weighted by molar-refractivity contribution is 5.97. The maximum atomic E-state index is 12.8. The molecule has 20 heavy (non-hydrogen) atoms. The number of methoxy groups -OCH3 is 1. The predicted octanol–water partition coefficient (Wildman–Crippen LogP) is 3.62. The molecule has 1 heterocycles. The van der Waals surface area contributed by atoms with Crippen LogP contribution in [0.5, 0.6) is 5.75 Å². The van der Waals surface area contributed by atoms with Crippen molar-refractivity contribution in [3.63, 3.8) is 0 Å². The summed E-state index contributed by atoms with van der Waals surface area (Å²) in [7, 11) is 1.60. The molecule has 3 rings (SSSR count). The predicted molar refractivity (Wildman–Crippen MR) is 82.8 cm³/mol. The standard InChI is InChI=1S/C17H17NO2/c1-9-5-7-12-15(11(9)3)18-13-8-6-10(2)17(20-4)14(13)16(12)19/h5-8H,1-4H3,(H,18,19). The van der Waals surface area contributed by atoms with Crippen molar-refractivity contribution in [1.29, 1.82) is 0 Å². The van der Waals surface area contributed by atoms with Crippen LogP contribution in [0.25, 0.3) is 21.8 Å². The summed E-state index contributed by atoms with van der Waals surface area (Å²) in [4.78, 5) is 16.2. The van der Waals surface area contributed by atoms with E-state index in [1.54, 1.807) is 7.11 Å². The quantitative estimate of drug-likeness (QED) is 0.684. The zero-order valence-corrected chi connectivity index (χ0v) is 12.1. The van der Waals surface area contributed by atoms with Gasteiger partial charge in [0.2, 0.25) is 5.43 Å². The van der Waals surface area contributed by atoms with Crippen LogP contribution in [0, 0.1) is 20.8 Å². The van der Waals surface area contributed by atoms with Crippen molar-refractivity contribution in [1.82, 2.24) is 4.98 Å². The van der Waals surface area contributed by atoms with E-state index < -0.39 is 0 Å². The summed E-state index contributed by atoms with van der Waals surface area (Å²) in [5.41, 5.74) is 5.01. The van der Waals surface area contributed by atoms with E-state index in [1.165, 1.54) is 5.56 Å². The number of benzene rings is 2. The van der Waals surface area contributed by atoms with E-state index >= 15 is 0 Å². The zero-order chi connectivity index (χ0) is 14.4. The first-order valence-electron chi connectivity index (χ1n) is 6.64. The minimum atomic E-state index is 0.0254. The Morgan fingerprint density at radius 2 is 1.70 bits per heavy atom. The highest BCUT2D eigenvalue weighted by Crippen LogP contribution is 2.28. The summed E-state index contributed by atoms with van der Waals surface area (Å²) in [6.07, 6.45) is 0. The third-order valence-corrected chi connectivity index (χ3v) is 4.03. The molecule has 0 aliphatic rings. The van der Waals surface area contributed by atoms with Crippen LogP contribution in [0.3, 0.4) is 0 Å². The number of nitrogens with one attached hydrogen (secondary N) is 1. The fraction of sp³-hybridized carbons (Fsp3) is 0.235. The van der Waals surface area contributed by atoms with Gasteiger partial charge in [0.15, 0.2) is 0 Å². The number of rotatable bonds is 1. The third-order valence-electron chi connectivity index (χ3n) is 4.03. The molecule has 1 aromatic heterocycles. The summed E-state index contributed by atoms with van der Waals surface area (Å²) in [5.74, 6) is 0.656. The van der Waals surface area contributed by atoms with E-state index in [0.29, 0.717) is 16.5 Å². The van der Waals surface area contributed by atoms with Crippen molar-refractivity contribution in [2.75, 3.05) is 7.11 Å². The Bertz CT molecular complexity index is 891. The molecule has 3 nitrogen and oxygen atoms in total. The molecule has 3 heteroatoms. The van der Waals surface area contributed by atoms with Gasteiger partial charge in [0.05, 0.1) is 23.5 Å². The molecule has 102 valence electrons. The number of fused-ring (bicyclic) bond motifs is 2. The lowest BCUT2D eigenvalue weighted by Gasteiger charge is -2.11. The first-order valence-corrected chi connectivity index (χ1v) is 6.64. The summed E-state index contributed by atoms with van der Waals surface area (Å²) in [6, 6.07) is 7.78. The van der Waals surface area contributed by atoms with Gasteiger partial charge in [-0.1, -0.05) is 12.1 Å². The SMILES string of the molecule is COc1c(C)ccc2[nH]c3c(C)c(C)ccc3c(=O)c12. The van der Waals surface area contributed by atoms with E-state index in [1.807, 2.05) is 45.0 Å². The molecule has 0 unspecified atom stereocenters. The van der Waals surface area contributed by atoms with Crippen molar-refractivity contribution in [2.24, 2.45) is 0 Å². The number of pyridine rings is 1. The molecule has 0 saturated heterocycles. The fourth-order valence-corrected chi connectivity index (χ4v) is 2.71. The fourth-order valence-electron chi connectivity index (χ4n) is 2.71. The second-order valence-electron chi connectivity index (χ2n) is 5.22. The number of aryl methyl sites for hydroxylation is 3. The van der Waals surface area contributed by atoms with Crippen LogP contribution in [-0.4, -0.2) is 12.1 Å². The summed E-state index contributed by atoms with van der Waals surface area (Å²) in [6.45, 7) is 6.03. The Morgan fingerprint density at radius 1 is 1.00 bits per heavy atom. The molecule has 0 aliphatic heterocycles. The van der Waals surface area contributed by atoms with Gasteiger partial charge in [-0.05, 0) is 49.6 Å². The normalized spacial score (nSPS) is 11.2. The molecule has 0 fully saturated rings. The second kappa shape index (κ2) is 4.37. The van der Waals surface area contributed by atoms with Crippen molar-refractivity contribution in [2.45, 2.75) is 20.8 Å². The van der Waals surface area contributed by atoms with Gasteiger partial charge in [0, 0.05) is 5.39 Å². The summed E-state index contributed by atoms with van der Waals surface area (Å²) in [5, 5.41) is 1.34. The average molecular weight is 267 g/mol. The van der Waals surface area contributed by atoms with Gasteiger partial charge in [-0.15, -0.1) is 0 Å². The molecule has 3 aromatic rings. The lowest BCUT2D eigenvalue weighted by Crippen LogP contribution is -2.08. The molecule has 0 saturated carbocycles. The highest BCUT2D eigenvalue weighted by Gasteiger charge is 2.13. The van der Waals surface area contributed by atoms with Gasteiger partial charge in [0.25, 0.3) is 0 Å². The number of aromatic nitrogens is 1. The van der Waals surface area contributed by atoms with Crippen LogP contribution in [0.1, 0.15) is 16.7 Å². The molecular formula is C17H17NO2.